The van der Waals surface area contributed by atoms with E-state index >= 15 is 0 Å². The van der Waals surface area contributed by atoms with Crippen LogP contribution in [0.1, 0.15) is 11.6 Å². The van der Waals surface area contributed by atoms with Gasteiger partial charge >= 0.3 is 0 Å². The second-order valence-electron chi connectivity index (χ2n) is 8.55. The highest BCUT2D eigenvalue weighted by molar-refractivity contribution is 9.10. The van der Waals surface area contributed by atoms with Gasteiger partial charge in [0.15, 0.2) is 6.10 Å². The van der Waals surface area contributed by atoms with E-state index in [0.29, 0.717) is 11.4 Å². The van der Waals surface area contributed by atoms with Crippen molar-refractivity contribution in [3.63, 3.8) is 0 Å². The molecule has 2 heterocycles. The molecule has 2 aliphatic heterocycles. The largest absolute Gasteiger partial charge is 0.496 e. The van der Waals surface area contributed by atoms with E-state index in [9.17, 15) is 9.59 Å². The van der Waals surface area contributed by atoms with Crippen LogP contribution in [0.4, 0.5) is 11.4 Å². The average molecular weight is 529 g/mol. The summed E-state index contributed by atoms with van der Waals surface area (Å²) in [5.74, 6) is -0.785. The van der Waals surface area contributed by atoms with E-state index in [1.54, 1.807) is 12.2 Å². The Labute approximate surface area is 210 Å². The van der Waals surface area contributed by atoms with Gasteiger partial charge in [0, 0.05) is 15.4 Å². The Bertz CT molecular complexity index is 1450. The van der Waals surface area contributed by atoms with Crippen molar-refractivity contribution in [2.24, 2.45) is 5.92 Å². The number of hydroxylamine groups is 1. The number of methoxy groups -OCH3 is 1. The van der Waals surface area contributed by atoms with E-state index < -0.39 is 18.1 Å². The van der Waals surface area contributed by atoms with Gasteiger partial charge in [0.05, 0.1) is 24.5 Å². The number of rotatable bonds is 4. The fourth-order valence-corrected chi connectivity index (χ4v) is 5.49. The SMILES string of the molecule is COc1ccc(Br)cc1[C@@H]1[C@H]2C(=O)N(c3cccc4ccccc34)C(=O)[C@H]2ON1c1ccccc1. The van der Waals surface area contributed by atoms with Gasteiger partial charge in [-0.3, -0.25) is 14.4 Å². The van der Waals surface area contributed by atoms with Gasteiger partial charge in [0.25, 0.3) is 5.91 Å². The first kappa shape index (κ1) is 21.8. The van der Waals surface area contributed by atoms with Crippen LogP contribution in [0.2, 0.25) is 0 Å². The predicted octanol–water partition coefficient (Wildman–Crippen LogP) is 5.66. The van der Waals surface area contributed by atoms with Crippen LogP contribution in [0.25, 0.3) is 10.8 Å². The molecule has 0 bridgehead atoms. The van der Waals surface area contributed by atoms with Gasteiger partial charge in [-0.1, -0.05) is 70.5 Å². The minimum Gasteiger partial charge on any atom is -0.496 e. The summed E-state index contributed by atoms with van der Waals surface area (Å²) in [7, 11) is 1.59. The van der Waals surface area contributed by atoms with Gasteiger partial charge in [0.2, 0.25) is 5.91 Å². The number of amides is 2. The molecular weight excluding hydrogens is 508 g/mol. The number of nitrogens with zero attached hydrogens (tertiary/aromatic N) is 2. The molecule has 0 saturated carbocycles. The van der Waals surface area contributed by atoms with Gasteiger partial charge in [-0.15, -0.1) is 0 Å². The van der Waals surface area contributed by atoms with Crippen LogP contribution in [-0.4, -0.2) is 25.0 Å². The van der Waals surface area contributed by atoms with Crippen molar-refractivity contribution < 1.29 is 19.2 Å². The van der Waals surface area contributed by atoms with E-state index in [4.69, 9.17) is 9.57 Å². The number of benzene rings is 4. The molecule has 4 aromatic rings. The summed E-state index contributed by atoms with van der Waals surface area (Å²) >= 11 is 3.55. The van der Waals surface area contributed by atoms with Crippen molar-refractivity contribution in [2.75, 3.05) is 17.1 Å². The molecule has 0 unspecified atom stereocenters. The quantitative estimate of drug-likeness (QED) is 0.320. The highest BCUT2D eigenvalue weighted by Crippen LogP contribution is 2.50. The first-order valence-electron chi connectivity index (χ1n) is 11.3. The third-order valence-electron chi connectivity index (χ3n) is 6.64. The molecule has 0 aliphatic carbocycles. The Morgan fingerprint density at radius 2 is 1.60 bits per heavy atom. The molecule has 35 heavy (non-hydrogen) atoms. The first-order chi connectivity index (χ1) is 17.1. The minimum atomic E-state index is -0.949. The van der Waals surface area contributed by atoms with Crippen LogP contribution in [0.3, 0.4) is 0 Å². The third kappa shape index (κ3) is 3.42. The molecule has 2 saturated heterocycles. The molecule has 2 fully saturated rings. The smallest absolute Gasteiger partial charge is 0.266 e. The number of ether oxygens (including phenoxy) is 1. The van der Waals surface area contributed by atoms with Crippen LogP contribution in [0.5, 0.6) is 5.75 Å². The van der Waals surface area contributed by atoms with E-state index in [2.05, 4.69) is 15.9 Å². The molecule has 0 N–H and O–H groups in total. The summed E-state index contributed by atoms with van der Waals surface area (Å²) < 4.78 is 6.50. The number of fused-ring (bicyclic) bond motifs is 2. The van der Waals surface area contributed by atoms with Crippen LogP contribution < -0.4 is 14.7 Å². The lowest BCUT2D eigenvalue weighted by Gasteiger charge is -2.30. The van der Waals surface area contributed by atoms with Gasteiger partial charge < -0.3 is 4.74 Å². The monoisotopic (exact) mass is 528 g/mol. The molecule has 2 aliphatic rings. The molecule has 0 aromatic heterocycles. The van der Waals surface area contributed by atoms with Crippen molar-refractivity contribution >= 4 is 49.9 Å². The minimum absolute atomic E-state index is 0.290. The second-order valence-corrected chi connectivity index (χ2v) is 9.47. The normalized spacial score (nSPS) is 21.6. The highest BCUT2D eigenvalue weighted by Gasteiger charge is 2.61. The summed E-state index contributed by atoms with van der Waals surface area (Å²) in [4.78, 5) is 35.3. The molecular formula is C28H21BrN2O4. The summed E-state index contributed by atoms with van der Waals surface area (Å²) in [6.45, 7) is 0. The number of carbonyl (C=O) groups excluding carboxylic acids is 2. The number of halogens is 1. The van der Waals surface area contributed by atoms with Gasteiger partial charge in [-0.05, 0) is 41.8 Å². The zero-order chi connectivity index (χ0) is 24.1. The maximum absolute atomic E-state index is 14.0. The fraction of sp³-hybridized carbons (Fsp3) is 0.143. The van der Waals surface area contributed by atoms with Gasteiger partial charge in [-0.25, -0.2) is 9.96 Å². The Morgan fingerprint density at radius 3 is 2.40 bits per heavy atom. The van der Waals surface area contributed by atoms with Crippen LogP contribution in [0.15, 0.2) is 95.5 Å². The van der Waals surface area contributed by atoms with Crippen molar-refractivity contribution in [3.05, 3.63) is 101 Å². The molecule has 6 rings (SSSR count). The zero-order valence-electron chi connectivity index (χ0n) is 18.8. The van der Waals surface area contributed by atoms with Crippen molar-refractivity contribution in [3.8, 4) is 5.75 Å². The van der Waals surface area contributed by atoms with Crippen LogP contribution in [-0.2, 0) is 14.4 Å². The summed E-state index contributed by atoms with van der Waals surface area (Å²) in [6.07, 6.45) is -0.949. The number of anilines is 2. The Hall–Kier alpha value is -3.68. The van der Waals surface area contributed by atoms with E-state index in [1.165, 1.54) is 4.90 Å². The molecule has 0 radical (unpaired) electrons. The molecule has 3 atom stereocenters. The topological polar surface area (TPSA) is 59.1 Å². The van der Waals surface area contributed by atoms with Crippen molar-refractivity contribution in [1.82, 2.24) is 0 Å². The fourth-order valence-electron chi connectivity index (χ4n) is 5.11. The number of hydrogen-bond acceptors (Lipinski definition) is 5. The van der Waals surface area contributed by atoms with E-state index in [1.807, 2.05) is 91.0 Å². The van der Waals surface area contributed by atoms with Crippen molar-refractivity contribution in [2.45, 2.75) is 12.1 Å². The summed E-state index contributed by atoms with van der Waals surface area (Å²) in [6, 6.07) is 27.9. The van der Waals surface area contributed by atoms with Gasteiger partial charge in [0.1, 0.15) is 11.7 Å². The summed E-state index contributed by atoms with van der Waals surface area (Å²) in [5.41, 5.74) is 2.09. The third-order valence-corrected chi connectivity index (χ3v) is 7.14. The number of para-hydroxylation sites is 1. The van der Waals surface area contributed by atoms with Crippen LogP contribution in [0, 0.1) is 5.92 Å². The summed E-state index contributed by atoms with van der Waals surface area (Å²) in [5, 5.41) is 3.48. The molecule has 0 spiro atoms. The molecule has 6 nitrogen and oxygen atoms in total. The Kier molecular flexibility index (Phi) is 5.31. The number of imide groups is 1. The molecule has 7 heteroatoms. The highest BCUT2D eigenvalue weighted by atomic mass is 79.9. The Morgan fingerprint density at radius 1 is 0.857 bits per heavy atom. The lowest BCUT2D eigenvalue weighted by molar-refractivity contribution is -0.126. The Balaban J connectivity index is 1.50. The predicted molar refractivity (Wildman–Crippen MR) is 137 cm³/mol. The van der Waals surface area contributed by atoms with Gasteiger partial charge in [-0.2, -0.15) is 0 Å². The van der Waals surface area contributed by atoms with Crippen molar-refractivity contribution in [1.29, 1.82) is 0 Å². The molecule has 174 valence electrons. The maximum atomic E-state index is 14.0. The number of hydrogen-bond donors (Lipinski definition) is 0. The number of carbonyl (C=O) groups is 2. The van der Waals surface area contributed by atoms with E-state index in [-0.39, 0.29) is 11.8 Å². The molecule has 4 aromatic carbocycles. The lowest BCUT2D eigenvalue weighted by Crippen LogP contribution is -2.37. The standard InChI is InChI=1S/C28H21BrN2O4/c1-34-23-15-14-18(29)16-21(23)25-24-26(35-31(25)19-10-3-2-4-11-19)28(33)30(27(24)32)22-13-7-9-17-8-5-6-12-20(17)22/h2-16,24-26H,1H3/t24-,25-,26+/m1/s1. The first-order valence-corrected chi connectivity index (χ1v) is 12.1. The zero-order valence-corrected chi connectivity index (χ0v) is 20.4. The van der Waals surface area contributed by atoms with Crippen LogP contribution >= 0.6 is 15.9 Å². The molecule has 2 amide bonds. The average Bonchev–Trinajstić information content (AvgIpc) is 3.40. The lowest BCUT2D eigenvalue weighted by atomic mass is 9.90. The maximum Gasteiger partial charge on any atom is 0.266 e. The van der Waals surface area contributed by atoms with E-state index in [0.717, 1.165) is 26.5 Å². The second kappa shape index (κ2) is 8.52.